The van der Waals surface area contributed by atoms with Crippen LogP contribution in [0.25, 0.3) is 0 Å². The normalized spacial score (nSPS) is 9.69. The fourth-order valence-electron chi connectivity index (χ4n) is 1.25. The minimum atomic E-state index is 0.155. The maximum absolute atomic E-state index is 11.5. The van der Waals surface area contributed by atoms with E-state index in [1.165, 1.54) is 0 Å². The standard InChI is InChI=1S/C11H14NO/c1-3-11(13)12(4-2)10-8-6-5-7-9-10/h5-6,8-9H,3-4H2,1-2H3. The van der Waals surface area contributed by atoms with E-state index in [-0.39, 0.29) is 5.91 Å². The first-order valence-electron chi connectivity index (χ1n) is 4.56. The van der Waals surface area contributed by atoms with Crippen LogP contribution in [0.2, 0.25) is 0 Å². The molecule has 1 aromatic rings. The molecule has 0 aliphatic rings. The topological polar surface area (TPSA) is 20.3 Å². The maximum Gasteiger partial charge on any atom is 0.226 e. The molecule has 13 heavy (non-hydrogen) atoms. The van der Waals surface area contributed by atoms with E-state index in [0.29, 0.717) is 13.0 Å². The van der Waals surface area contributed by atoms with E-state index in [1.807, 2.05) is 38.1 Å². The van der Waals surface area contributed by atoms with Crippen molar-refractivity contribution in [3.05, 3.63) is 30.3 Å². The lowest BCUT2D eigenvalue weighted by molar-refractivity contribution is -0.118. The maximum atomic E-state index is 11.5. The Hall–Kier alpha value is -1.31. The molecule has 1 amide bonds. The first-order valence-corrected chi connectivity index (χ1v) is 4.56. The Bertz CT molecular complexity index is 269. The zero-order valence-electron chi connectivity index (χ0n) is 8.08. The van der Waals surface area contributed by atoms with Crippen molar-refractivity contribution in [2.24, 2.45) is 0 Å². The number of amides is 1. The van der Waals surface area contributed by atoms with Crippen molar-refractivity contribution in [3.63, 3.8) is 0 Å². The summed E-state index contributed by atoms with van der Waals surface area (Å²) in [6, 6.07) is 10.4. The van der Waals surface area contributed by atoms with E-state index >= 15 is 0 Å². The highest BCUT2D eigenvalue weighted by molar-refractivity contribution is 5.92. The first kappa shape index (κ1) is 9.78. The zero-order chi connectivity index (χ0) is 9.68. The third kappa shape index (κ3) is 2.31. The van der Waals surface area contributed by atoms with Crippen LogP contribution in [0.5, 0.6) is 0 Å². The molecule has 0 fully saturated rings. The predicted molar refractivity (Wildman–Crippen MR) is 53.6 cm³/mol. The molecule has 2 nitrogen and oxygen atoms in total. The fraction of sp³-hybridized carbons (Fsp3) is 0.364. The van der Waals surface area contributed by atoms with Crippen molar-refractivity contribution in [2.75, 3.05) is 11.4 Å². The summed E-state index contributed by atoms with van der Waals surface area (Å²) in [4.78, 5) is 13.2. The largest absolute Gasteiger partial charge is 0.313 e. The molecular formula is C11H14NO. The molecule has 0 aliphatic heterocycles. The van der Waals surface area contributed by atoms with Crippen molar-refractivity contribution in [1.29, 1.82) is 0 Å². The van der Waals surface area contributed by atoms with Crippen molar-refractivity contribution < 1.29 is 4.79 Å². The van der Waals surface area contributed by atoms with E-state index < -0.39 is 0 Å². The number of carbonyl (C=O) groups is 1. The van der Waals surface area contributed by atoms with Gasteiger partial charge >= 0.3 is 0 Å². The van der Waals surface area contributed by atoms with Crippen LogP contribution in [0.1, 0.15) is 20.3 Å². The summed E-state index contributed by atoms with van der Waals surface area (Å²) >= 11 is 0. The van der Waals surface area contributed by atoms with Gasteiger partial charge < -0.3 is 4.90 Å². The number of rotatable bonds is 3. The van der Waals surface area contributed by atoms with Crippen LogP contribution in [0.4, 0.5) is 5.69 Å². The molecule has 0 saturated heterocycles. The number of carbonyl (C=O) groups excluding carboxylic acids is 1. The molecule has 69 valence electrons. The van der Waals surface area contributed by atoms with Crippen LogP contribution in [-0.2, 0) is 4.79 Å². The number of hydrogen-bond acceptors (Lipinski definition) is 1. The van der Waals surface area contributed by atoms with Crippen molar-refractivity contribution >= 4 is 11.6 Å². The lowest BCUT2D eigenvalue weighted by atomic mass is 10.2. The van der Waals surface area contributed by atoms with Gasteiger partial charge in [-0.3, -0.25) is 4.79 Å². The van der Waals surface area contributed by atoms with Gasteiger partial charge in [0.2, 0.25) is 5.91 Å². The molecule has 0 heterocycles. The molecule has 1 aromatic carbocycles. The molecule has 0 aromatic heterocycles. The van der Waals surface area contributed by atoms with Gasteiger partial charge in [0, 0.05) is 18.7 Å². The van der Waals surface area contributed by atoms with Crippen LogP contribution in [0.3, 0.4) is 0 Å². The minimum Gasteiger partial charge on any atom is -0.313 e. The molecule has 0 N–H and O–H groups in total. The van der Waals surface area contributed by atoms with Crippen LogP contribution in [-0.4, -0.2) is 12.5 Å². The van der Waals surface area contributed by atoms with Crippen molar-refractivity contribution in [1.82, 2.24) is 0 Å². The second-order valence-electron chi connectivity index (χ2n) is 2.75. The number of hydrogen-bond donors (Lipinski definition) is 0. The Balaban J connectivity index is 2.85. The van der Waals surface area contributed by atoms with E-state index in [1.54, 1.807) is 4.90 Å². The van der Waals surface area contributed by atoms with Gasteiger partial charge in [0.1, 0.15) is 0 Å². The Kier molecular flexibility index (Phi) is 3.50. The molecule has 2 heteroatoms. The van der Waals surface area contributed by atoms with E-state index in [0.717, 1.165) is 5.69 Å². The van der Waals surface area contributed by atoms with Gasteiger partial charge in [0.05, 0.1) is 0 Å². The lowest BCUT2D eigenvalue weighted by Crippen LogP contribution is -2.29. The number of nitrogens with zero attached hydrogens (tertiary/aromatic N) is 1. The molecule has 0 saturated carbocycles. The lowest BCUT2D eigenvalue weighted by Gasteiger charge is -2.19. The van der Waals surface area contributed by atoms with Gasteiger partial charge in [-0.1, -0.05) is 19.1 Å². The van der Waals surface area contributed by atoms with E-state index in [9.17, 15) is 4.79 Å². The molecule has 0 aliphatic carbocycles. The van der Waals surface area contributed by atoms with Crippen LogP contribution in [0.15, 0.2) is 24.3 Å². The molecule has 1 radical (unpaired) electrons. The summed E-state index contributed by atoms with van der Waals surface area (Å²) < 4.78 is 0. The molecular weight excluding hydrogens is 162 g/mol. The quantitative estimate of drug-likeness (QED) is 0.691. The third-order valence-electron chi connectivity index (χ3n) is 1.92. The summed E-state index contributed by atoms with van der Waals surface area (Å²) in [6.07, 6.45) is 0.544. The number of anilines is 1. The average Bonchev–Trinajstić information content (AvgIpc) is 2.20. The Morgan fingerprint density at radius 2 is 2.31 bits per heavy atom. The third-order valence-corrected chi connectivity index (χ3v) is 1.92. The van der Waals surface area contributed by atoms with Crippen LogP contribution >= 0.6 is 0 Å². The molecule has 0 atom stereocenters. The summed E-state index contributed by atoms with van der Waals surface area (Å²) in [5.41, 5.74) is 0.928. The second kappa shape index (κ2) is 4.65. The van der Waals surface area contributed by atoms with Gasteiger partial charge in [-0.25, -0.2) is 0 Å². The molecule has 0 bridgehead atoms. The summed E-state index contributed by atoms with van der Waals surface area (Å²) in [5.74, 6) is 0.155. The van der Waals surface area contributed by atoms with E-state index in [4.69, 9.17) is 0 Å². The van der Waals surface area contributed by atoms with Crippen LogP contribution < -0.4 is 4.90 Å². The van der Waals surface area contributed by atoms with Gasteiger partial charge in [-0.05, 0) is 25.1 Å². The summed E-state index contributed by atoms with van der Waals surface area (Å²) in [6.45, 7) is 4.56. The van der Waals surface area contributed by atoms with Crippen molar-refractivity contribution in [3.8, 4) is 0 Å². The SMILES string of the molecule is CCC(=O)N(CC)c1c[c]ccc1. The minimum absolute atomic E-state index is 0.155. The van der Waals surface area contributed by atoms with Gasteiger partial charge in [-0.2, -0.15) is 0 Å². The summed E-state index contributed by atoms with van der Waals surface area (Å²) in [5, 5.41) is 0. The highest BCUT2D eigenvalue weighted by Crippen LogP contribution is 2.13. The highest BCUT2D eigenvalue weighted by atomic mass is 16.2. The van der Waals surface area contributed by atoms with E-state index in [2.05, 4.69) is 6.07 Å². The summed E-state index contributed by atoms with van der Waals surface area (Å²) in [7, 11) is 0. The molecule has 0 spiro atoms. The smallest absolute Gasteiger partial charge is 0.226 e. The fourth-order valence-corrected chi connectivity index (χ4v) is 1.25. The van der Waals surface area contributed by atoms with Gasteiger partial charge in [0.25, 0.3) is 0 Å². The van der Waals surface area contributed by atoms with Gasteiger partial charge in [-0.15, -0.1) is 0 Å². The predicted octanol–water partition coefficient (Wildman–Crippen LogP) is 2.25. The Morgan fingerprint density at radius 3 is 2.77 bits per heavy atom. The van der Waals surface area contributed by atoms with Crippen molar-refractivity contribution in [2.45, 2.75) is 20.3 Å². The average molecular weight is 176 g/mol. The highest BCUT2D eigenvalue weighted by Gasteiger charge is 2.10. The van der Waals surface area contributed by atoms with Gasteiger partial charge in [0.15, 0.2) is 0 Å². The second-order valence-corrected chi connectivity index (χ2v) is 2.75. The Morgan fingerprint density at radius 1 is 1.54 bits per heavy atom. The monoisotopic (exact) mass is 176 g/mol. The molecule has 1 rings (SSSR count). The molecule has 0 unspecified atom stereocenters. The Labute approximate surface area is 79.2 Å². The zero-order valence-corrected chi connectivity index (χ0v) is 8.08. The van der Waals surface area contributed by atoms with Crippen LogP contribution in [0, 0.1) is 6.07 Å². The first-order chi connectivity index (χ1) is 6.29. The number of benzene rings is 1.